The average Bonchev–Trinajstić information content (AvgIpc) is 3.47. The summed E-state index contributed by atoms with van der Waals surface area (Å²) in [6.45, 7) is 1.51. The van der Waals surface area contributed by atoms with Crippen LogP contribution in [0.3, 0.4) is 0 Å². The Labute approximate surface area is 211 Å². The van der Waals surface area contributed by atoms with Gasteiger partial charge in [-0.1, -0.05) is 12.8 Å². The molecule has 4 bridgehead atoms. The molecule has 6 fully saturated rings. The minimum Gasteiger partial charge on any atom is -0.481 e. The number of anilines is 1. The van der Waals surface area contributed by atoms with Crippen LogP contribution in [0.25, 0.3) is 0 Å². The van der Waals surface area contributed by atoms with Gasteiger partial charge >= 0.3 is 5.97 Å². The molecule has 0 unspecified atom stereocenters. The van der Waals surface area contributed by atoms with Gasteiger partial charge in [0.15, 0.2) is 0 Å². The van der Waals surface area contributed by atoms with E-state index in [4.69, 9.17) is 10.1 Å². The van der Waals surface area contributed by atoms with E-state index in [9.17, 15) is 14.7 Å². The van der Waals surface area contributed by atoms with Crippen molar-refractivity contribution in [3.8, 4) is 0 Å². The number of aromatic nitrogens is 1. The Morgan fingerprint density at radius 3 is 2.54 bits per heavy atom. The Balaban J connectivity index is 1.21. The maximum absolute atomic E-state index is 13.6. The van der Waals surface area contributed by atoms with Crippen molar-refractivity contribution in [3.05, 3.63) is 17.7 Å². The van der Waals surface area contributed by atoms with E-state index in [1.807, 2.05) is 12.1 Å². The normalized spacial score (nSPS) is 36.1. The second-order valence-electron chi connectivity index (χ2n) is 11.9. The van der Waals surface area contributed by atoms with E-state index in [2.05, 4.69) is 10.2 Å². The van der Waals surface area contributed by atoms with Crippen molar-refractivity contribution in [1.29, 1.82) is 0 Å². The van der Waals surface area contributed by atoms with Gasteiger partial charge in [0.1, 0.15) is 10.8 Å². The molecule has 1 aromatic heterocycles. The van der Waals surface area contributed by atoms with E-state index < -0.39 is 11.6 Å². The summed E-state index contributed by atoms with van der Waals surface area (Å²) in [4.78, 5) is 31.9. The molecular weight excluding hydrogens is 462 g/mol. The van der Waals surface area contributed by atoms with Crippen molar-refractivity contribution in [2.24, 2.45) is 23.7 Å². The zero-order valence-corrected chi connectivity index (χ0v) is 21.1. The lowest BCUT2D eigenvalue weighted by Gasteiger charge is -2.58. The molecule has 5 aliphatic carbocycles. The van der Waals surface area contributed by atoms with E-state index >= 15 is 0 Å². The average molecular weight is 500 g/mol. The van der Waals surface area contributed by atoms with Crippen LogP contribution in [0.5, 0.6) is 0 Å². The first kappa shape index (κ1) is 23.6. The molecule has 8 heteroatoms. The molecule has 190 valence electrons. The van der Waals surface area contributed by atoms with E-state index in [0.717, 1.165) is 68.8 Å². The van der Waals surface area contributed by atoms with E-state index in [-0.39, 0.29) is 24.3 Å². The van der Waals surface area contributed by atoms with Gasteiger partial charge in [-0.3, -0.25) is 9.59 Å². The smallest absolute Gasteiger partial charge is 0.303 e. The van der Waals surface area contributed by atoms with Crippen molar-refractivity contribution < 1.29 is 19.8 Å². The van der Waals surface area contributed by atoms with Gasteiger partial charge in [0.2, 0.25) is 0 Å². The summed E-state index contributed by atoms with van der Waals surface area (Å²) >= 11 is 1.75. The lowest BCUT2D eigenvalue weighted by molar-refractivity contribution is -0.138. The molecule has 1 aliphatic heterocycles. The van der Waals surface area contributed by atoms with Crippen molar-refractivity contribution in [1.82, 2.24) is 10.3 Å². The zero-order valence-electron chi connectivity index (χ0n) is 20.3. The first-order valence-corrected chi connectivity index (χ1v) is 14.4. The standard InChI is InChI=1S/C27H37N3O4S/c31-23(32)11-16-7-8-30(15-16)22-6-5-21(26(28-22)35-20-3-1-2-4-20)25(33)29-24-18-9-17-10-19(24)14-27(34,12-17)13-18/h5-6,16-20,24,34H,1-4,7-15H2,(H,29,33)(H,31,32)/t16-,17?,18-,19-,24?,27?/m0/s1. The number of hydrogen-bond donors (Lipinski definition) is 3. The minimum absolute atomic E-state index is 0.0285. The number of carboxylic acid groups (broad SMARTS) is 1. The Kier molecular flexibility index (Phi) is 6.24. The molecule has 3 atom stereocenters. The van der Waals surface area contributed by atoms with Gasteiger partial charge in [-0.05, 0) is 87.2 Å². The molecule has 1 saturated heterocycles. The molecule has 35 heavy (non-hydrogen) atoms. The first-order chi connectivity index (χ1) is 16.8. The summed E-state index contributed by atoms with van der Waals surface area (Å²) in [5.74, 6) is 1.60. The predicted octanol–water partition coefficient (Wildman–Crippen LogP) is 4.09. The van der Waals surface area contributed by atoms with Gasteiger partial charge in [-0.25, -0.2) is 4.98 Å². The summed E-state index contributed by atoms with van der Waals surface area (Å²) in [5, 5.41) is 24.8. The number of nitrogens with zero attached hydrogens (tertiary/aromatic N) is 2. The highest BCUT2D eigenvalue weighted by Gasteiger charge is 2.55. The molecule has 0 aromatic carbocycles. The zero-order chi connectivity index (χ0) is 24.2. The van der Waals surface area contributed by atoms with Gasteiger partial charge in [0, 0.05) is 30.8 Å². The summed E-state index contributed by atoms with van der Waals surface area (Å²) in [6.07, 6.45) is 10.7. The number of carbonyl (C=O) groups excluding carboxylic acids is 1. The number of carbonyl (C=O) groups is 2. The molecular formula is C27H37N3O4S. The Morgan fingerprint density at radius 2 is 1.86 bits per heavy atom. The molecule has 0 radical (unpaired) electrons. The van der Waals surface area contributed by atoms with Crippen LogP contribution in [0.4, 0.5) is 5.82 Å². The van der Waals surface area contributed by atoms with Gasteiger partial charge in [-0.2, -0.15) is 0 Å². The quantitative estimate of drug-likeness (QED) is 0.519. The highest BCUT2D eigenvalue weighted by atomic mass is 32.2. The largest absolute Gasteiger partial charge is 0.481 e. The van der Waals surface area contributed by atoms with Crippen molar-refractivity contribution in [2.45, 2.75) is 92.5 Å². The minimum atomic E-state index is -0.744. The number of aliphatic hydroxyl groups is 1. The molecule has 3 N–H and O–H groups in total. The lowest BCUT2D eigenvalue weighted by atomic mass is 9.52. The maximum atomic E-state index is 13.6. The molecule has 5 saturated carbocycles. The molecule has 7 nitrogen and oxygen atoms in total. The third-order valence-electron chi connectivity index (χ3n) is 9.28. The Hall–Kier alpha value is -1.80. The van der Waals surface area contributed by atoms with Crippen LogP contribution in [-0.2, 0) is 4.79 Å². The van der Waals surface area contributed by atoms with Gasteiger partial charge in [0.25, 0.3) is 5.91 Å². The number of carboxylic acids is 1. The maximum Gasteiger partial charge on any atom is 0.303 e. The van der Waals surface area contributed by atoms with E-state index in [0.29, 0.717) is 35.1 Å². The van der Waals surface area contributed by atoms with Crippen molar-refractivity contribution in [3.63, 3.8) is 0 Å². The summed E-state index contributed by atoms with van der Waals surface area (Å²) < 4.78 is 0. The Bertz CT molecular complexity index is 981. The summed E-state index contributed by atoms with van der Waals surface area (Å²) in [6, 6.07) is 4.03. The topological polar surface area (TPSA) is 103 Å². The number of pyridine rings is 1. The second kappa shape index (κ2) is 9.25. The molecule has 6 aliphatic rings. The van der Waals surface area contributed by atoms with Gasteiger partial charge in [0.05, 0.1) is 11.2 Å². The van der Waals surface area contributed by atoms with Crippen molar-refractivity contribution in [2.75, 3.05) is 18.0 Å². The van der Waals surface area contributed by atoms with Crippen LogP contribution < -0.4 is 10.2 Å². The summed E-state index contributed by atoms with van der Waals surface area (Å²) in [5.41, 5.74) is 0.165. The third kappa shape index (κ3) is 4.80. The highest BCUT2D eigenvalue weighted by Crippen LogP contribution is 2.55. The van der Waals surface area contributed by atoms with Crippen LogP contribution in [-0.4, -0.2) is 57.1 Å². The van der Waals surface area contributed by atoms with Crippen LogP contribution in [0, 0.1) is 23.7 Å². The number of hydrogen-bond acceptors (Lipinski definition) is 6. The van der Waals surface area contributed by atoms with Crippen molar-refractivity contribution >= 4 is 29.5 Å². The SMILES string of the molecule is O=C(O)C[C@@H]1CCN(c2ccc(C(=O)NC3[C@H]4CC5C[C@H]3CC(O)(C5)C4)c(SC3CCCC3)n2)C1. The fourth-order valence-corrected chi connectivity index (χ4v) is 9.25. The van der Waals surface area contributed by atoms with Crippen LogP contribution in [0.2, 0.25) is 0 Å². The van der Waals surface area contributed by atoms with Crippen LogP contribution >= 0.6 is 11.8 Å². The highest BCUT2D eigenvalue weighted by molar-refractivity contribution is 7.99. The number of amides is 1. The fraction of sp³-hybridized carbons (Fsp3) is 0.741. The van der Waals surface area contributed by atoms with Crippen LogP contribution in [0.1, 0.15) is 81.0 Å². The lowest BCUT2D eigenvalue weighted by Crippen LogP contribution is -2.61. The predicted molar refractivity (Wildman–Crippen MR) is 135 cm³/mol. The number of aliphatic carboxylic acids is 1. The first-order valence-electron chi connectivity index (χ1n) is 13.5. The molecule has 7 rings (SSSR count). The third-order valence-corrected chi connectivity index (χ3v) is 10.6. The number of nitrogens with one attached hydrogen (secondary N) is 1. The molecule has 0 spiro atoms. The fourth-order valence-electron chi connectivity index (χ4n) is 7.93. The molecule has 1 amide bonds. The molecule has 1 aromatic rings. The summed E-state index contributed by atoms with van der Waals surface area (Å²) in [7, 11) is 0. The number of rotatable bonds is 7. The van der Waals surface area contributed by atoms with Gasteiger partial charge < -0.3 is 20.4 Å². The molecule has 2 heterocycles. The monoisotopic (exact) mass is 499 g/mol. The van der Waals surface area contributed by atoms with E-state index in [1.165, 1.54) is 12.8 Å². The number of thioether (sulfide) groups is 1. The van der Waals surface area contributed by atoms with Crippen LogP contribution in [0.15, 0.2) is 17.2 Å². The van der Waals surface area contributed by atoms with Gasteiger partial charge in [-0.15, -0.1) is 11.8 Å². The second-order valence-corrected chi connectivity index (χ2v) is 13.2. The Morgan fingerprint density at radius 1 is 1.11 bits per heavy atom. The van der Waals surface area contributed by atoms with E-state index in [1.54, 1.807) is 11.8 Å².